The van der Waals surface area contributed by atoms with Crippen LogP contribution in [0.4, 0.5) is 0 Å². The van der Waals surface area contributed by atoms with Crippen LogP contribution in [0.1, 0.15) is 49.9 Å². The van der Waals surface area contributed by atoms with Crippen LogP contribution in [0.5, 0.6) is 5.75 Å². The molecule has 212 valence electrons. The number of benzene rings is 4. The second kappa shape index (κ2) is 12.3. The topological polar surface area (TPSA) is 90.9 Å². The summed E-state index contributed by atoms with van der Waals surface area (Å²) in [6, 6.07) is 25.8. The fourth-order valence-corrected chi connectivity index (χ4v) is 5.80. The normalized spacial score (nSPS) is 16.5. The number of fused-ring (bicyclic) bond motifs is 3. The molecule has 6 rings (SSSR count). The predicted molar refractivity (Wildman–Crippen MR) is 161 cm³/mol. The molecule has 2 aliphatic rings. The van der Waals surface area contributed by atoms with Crippen LogP contribution in [-0.4, -0.2) is 47.1 Å². The quantitative estimate of drug-likeness (QED) is 0.287. The largest absolute Gasteiger partial charge is 0.493 e. The molecule has 2 amide bonds. The number of nitrogens with zero attached hydrogens (tertiary/aromatic N) is 1. The highest BCUT2D eigenvalue weighted by atomic mass is 35.5. The van der Waals surface area contributed by atoms with E-state index < -0.39 is 6.10 Å². The van der Waals surface area contributed by atoms with E-state index in [-0.39, 0.29) is 36.8 Å². The van der Waals surface area contributed by atoms with Crippen molar-refractivity contribution >= 4 is 35.0 Å². The zero-order chi connectivity index (χ0) is 27.6. The minimum Gasteiger partial charge on any atom is -0.493 e. The van der Waals surface area contributed by atoms with E-state index in [9.17, 15) is 14.7 Å². The van der Waals surface area contributed by atoms with Crippen molar-refractivity contribution in [3.05, 3.63) is 112 Å². The summed E-state index contributed by atoms with van der Waals surface area (Å²) in [6.07, 6.45) is -0.0507. The number of aliphatic hydroxyl groups excluding tert-OH is 1. The molecule has 2 aliphatic heterocycles. The number of nitrogens with one attached hydrogen (secondary N) is 2. The zero-order valence-electron chi connectivity index (χ0n) is 22.9. The third kappa shape index (κ3) is 5.79. The first-order chi connectivity index (χ1) is 19.5. The Hall–Kier alpha value is -3.91. The molecule has 0 saturated carbocycles. The first-order valence-electron chi connectivity index (χ1n) is 13.8. The molecular formula is C33H34ClN3O4. The molecule has 0 saturated heterocycles. The number of amides is 2. The molecule has 2 heterocycles. The Morgan fingerprint density at radius 3 is 2.63 bits per heavy atom. The lowest BCUT2D eigenvalue weighted by molar-refractivity contribution is 0.0766. The van der Waals surface area contributed by atoms with Gasteiger partial charge in [0.2, 0.25) is 0 Å². The van der Waals surface area contributed by atoms with Crippen molar-refractivity contribution in [1.82, 2.24) is 15.5 Å². The first-order valence-corrected chi connectivity index (χ1v) is 13.8. The van der Waals surface area contributed by atoms with Crippen LogP contribution < -0.4 is 15.4 Å². The highest BCUT2D eigenvalue weighted by Gasteiger charge is 2.31. The molecule has 8 heteroatoms. The summed E-state index contributed by atoms with van der Waals surface area (Å²) >= 11 is 0. The van der Waals surface area contributed by atoms with Gasteiger partial charge in [-0.25, -0.2) is 0 Å². The number of ether oxygens (including phenoxy) is 1. The monoisotopic (exact) mass is 571 g/mol. The third-order valence-electron chi connectivity index (χ3n) is 7.92. The smallest absolute Gasteiger partial charge is 0.255 e. The summed E-state index contributed by atoms with van der Waals surface area (Å²) in [5.74, 6) is -0.0327. The Bertz CT molecular complexity index is 1590. The standard InChI is InChI=1S/C33H33N3O4.ClH/c1-2-40-31-16-27-25(20-36(33(27)39)19-24-12-7-11-21-8-5-6-13-26(21)24)14-28(31)32(38)35-18-30(37)29-15-22-9-3-4-10-23(22)17-34-29;/h3-14,16,29-30,34,37H,2,15,17-20H2,1H3,(H,35,38);1H/t29-,30?;/m0./s1. The van der Waals surface area contributed by atoms with Crippen LogP contribution in [0, 0.1) is 0 Å². The van der Waals surface area contributed by atoms with Crippen LogP contribution in [0.3, 0.4) is 0 Å². The van der Waals surface area contributed by atoms with Crippen molar-refractivity contribution in [2.24, 2.45) is 0 Å². The lowest BCUT2D eigenvalue weighted by atomic mass is 9.93. The Morgan fingerprint density at radius 2 is 1.80 bits per heavy atom. The van der Waals surface area contributed by atoms with E-state index >= 15 is 0 Å². The number of hydrogen-bond acceptors (Lipinski definition) is 5. The van der Waals surface area contributed by atoms with Gasteiger partial charge in [0.05, 0.1) is 18.3 Å². The van der Waals surface area contributed by atoms with Gasteiger partial charge < -0.3 is 25.4 Å². The molecule has 3 N–H and O–H groups in total. The van der Waals surface area contributed by atoms with Crippen molar-refractivity contribution in [2.75, 3.05) is 13.2 Å². The van der Waals surface area contributed by atoms with E-state index in [1.165, 1.54) is 11.1 Å². The maximum absolute atomic E-state index is 13.4. The SMILES string of the molecule is CCOc1cc2c(cc1C(=O)NCC(O)[C@@H]1Cc3ccccc3CN1)CN(Cc1cccc3ccccc13)C2=O.Cl. The number of aliphatic hydroxyl groups is 1. The highest BCUT2D eigenvalue weighted by molar-refractivity contribution is 6.03. The van der Waals surface area contributed by atoms with Crippen molar-refractivity contribution < 1.29 is 19.4 Å². The number of rotatable bonds is 8. The molecule has 0 radical (unpaired) electrons. The molecule has 7 nitrogen and oxygen atoms in total. The number of halogens is 1. The number of carbonyl (C=O) groups excluding carboxylic acids is 2. The fraction of sp³-hybridized carbons (Fsp3) is 0.273. The average molecular weight is 572 g/mol. The molecule has 41 heavy (non-hydrogen) atoms. The predicted octanol–water partition coefficient (Wildman–Crippen LogP) is 4.62. The van der Waals surface area contributed by atoms with E-state index in [0.29, 0.717) is 49.5 Å². The highest BCUT2D eigenvalue weighted by Crippen LogP contribution is 2.32. The first kappa shape index (κ1) is 28.6. The molecule has 0 aromatic heterocycles. The molecular weight excluding hydrogens is 538 g/mol. The maximum Gasteiger partial charge on any atom is 0.255 e. The van der Waals surface area contributed by atoms with Crippen molar-refractivity contribution in [3.8, 4) is 5.75 Å². The Balaban J connectivity index is 0.00000337. The van der Waals surface area contributed by atoms with E-state index in [1.54, 1.807) is 17.0 Å². The molecule has 2 atom stereocenters. The van der Waals surface area contributed by atoms with Gasteiger partial charge in [0.1, 0.15) is 5.75 Å². The van der Waals surface area contributed by atoms with Gasteiger partial charge in [0.25, 0.3) is 11.8 Å². The van der Waals surface area contributed by atoms with E-state index in [0.717, 1.165) is 21.9 Å². The molecule has 1 unspecified atom stereocenters. The van der Waals surface area contributed by atoms with Crippen LogP contribution >= 0.6 is 12.4 Å². The fourth-order valence-electron chi connectivity index (χ4n) is 5.80. The van der Waals surface area contributed by atoms with Crippen molar-refractivity contribution in [3.63, 3.8) is 0 Å². The van der Waals surface area contributed by atoms with Crippen LogP contribution in [-0.2, 0) is 26.1 Å². The lowest BCUT2D eigenvalue weighted by Crippen LogP contribution is -2.49. The second-order valence-corrected chi connectivity index (χ2v) is 10.5. The third-order valence-corrected chi connectivity index (χ3v) is 7.92. The molecule has 4 aromatic rings. The van der Waals surface area contributed by atoms with Gasteiger partial charge in [-0.15, -0.1) is 12.4 Å². The van der Waals surface area contributed by atoms with E-state index in [4.69, 9.17) is 4.74 Å². The summed E-state index contributed by atoms with van der Waals surface area (Å²) in [7, 11) is 0. The van der Waals surface area contributed by atoms with Gasteiger partial charge in [-0.05, 0) is 58.5 Å². The van der Waals surface area contributed by atoms with Crippen LogP contribution in [0.25, 0.3) is 10.8 Å². The minimum atomic E-state index is -0.750. The van der Waals surface area contributed by atoms with Gasteiger partial charge in [0.15, 0.2) is 0 Å². The second-order valence-electron chi connectivity index (χ2n) is 10.5. The van der Waals surface area contributed by atoms with Gasteiger partial charge in [-0.2, -0.15) is 0 Å². The average Bonchev–Trinajstić information content (AvgIpc) is 3.29. The van der Waals surface area contributed by atoms with Gasteiger partial charge in [-0.3, -0.25) is 9.59 Å². The van der Waals surface area contributed by atoms with E-state index in [2.05, 4.69) is 41.0 Å². The van der Waals surface area contributed by atoms with E-state index in [1.807, 2.05) is 43.3 Å². The maximum atomic E-state index is 13.4. The zero-order valence-corrected chi connectivity index (χ0v) is 23.7. The number of carbonyl (C=O) groups is 2. The molecule has 0 fully saturated rings. The molecule has 0 bridgehead atoms. The van der Waals surface area contributed by atoms with Gasteiger partial charge in [0, 0.05) is 37.8 Å². The van der Waals surface area contributed by atoms with Crippen molar-refractivity contribution in [1.29, 1.82) is 0 Å². The van der Waals surface area contributed by atoms with Gasteiger partial charge >= 0.3 is 0 Å². The summed E-state index contributed by atoms with van der Waals surface area (Å²) in [6.45, 7) is 3.89. The Labute approximate surface area is 245 Å². The van der Waals surface area contributed by atoms with Crippen molar-refractivity contribution in [2.45, 2.75) is 45.1 Å². The van der Waals surface area contributed by atoms with Gasteiger partial charge in [-0.1, -0.05) is 66.7 Å². The minimum absolute atomic E-state index is 0. The summed E-state index contributed by atoms with van der Waals surface area (Å²) in [4.78, 5) is 28.5. The number of hydrogen-bond donors (Lipinski definition) is 3. The molecule has 4 aromatic carbocycles. The Morgan fingerprint density at radius 1 is 1.05 bits per heavy atom. The van der Waals surface area contributed by atoms with Crippen LogP contribution in [0.15, 0.2) is 78.9 Å². The lowest BCUT2D eigenvalue weighted by Gasteiger charge is -2.30. The Kier molecular flexibility index (Phi) is 8.59. The summed E-state index contributed by atoms with van der Waals surface area (Å²) < 4.78 is 5.80. The summed E-state index contributed by atoms with van der Waals surface area (Å²) in [5.41, 5.74) is 5.25. The molecule has 0 aliphatic carbocycles. The molecule has 0 spiro atoms. The van der Waals surface area contributed by atoms with Crippen LogP contribution in [0.2, 0.25) is 0 Å². The summed E-state index contributed by atoms with van der Waals surface area (Å²) in [5, 5.41) is 19.4.